The van der Waals surface area contributed by atoms with Crippen molar-refractivity contribution in [1.82, 2.24) is 10.2 Å². The third-order valence-corrected chi connectivity index (χ3v) is 3.10. The molecule has 0 saturated heterocycles. The topological polar surface area (TPSA) is 51.0 Å². The Labute approximate surface area is 118 Å². The second kappa shape index (κ2) is 5.67. The number of hydrogen-bond donors (Lipinski definition) is 1. The second-order valence-corrected chi connectivity index (χ2v) is 5.42. The summed E-state index contributed by atoms with van der Waals surface area (Å²) in [6.07, 6.45) is 0. The summed E-state index contributed by atoms with van der Waals surface area (Å²) in [4.78, 5) is 0.258. The van der Waals surface area contributed by atoms with Gasteiger partial charge in [0.1, 0.15) is 5.75 Å². The van der Waals surface area contributed by atoms with Gasteiger partial charge in [-0.1, -0.05) is 29.8 Å². The fourth-order valence-electron chi connectivity index (χ4n) is 1.56. The average Bonchev–Trinajstić information content (AvgIpc) is 2.73. The summed E-state index contributed by atoms with van der Waals surface area (Å²) in [5, 5.41) is 6.45. The minimum Gasteiger partial charge on any atom is -0.484 e. The van der Waals surface area contributed by atoms with Crippen molar-refractivity contribution in [2.24, 2.45) is 0 Å². The van der Waals surface area contributed by atoms with E-state index >= 15 is 0 Å². The standard InChI is InChI=1S/C12H13BrN2O2S/c1-7(2)9-5-8(13)3-4-10(9)16-6-11-14-15-12(18)17-11/h3-5,7H,6H2,1-2H3,(H,15,18). The van der Waals surface area contributed by atoms with Crippen LogP contribution in [0.25, 0.3) is 0 Å². The molecule has 1 N–H and O–H groups in total. The highest BCUT2D eigenvalue weighted by atomic mass is 79.9. The van der Waals surface area contributed by atoms with Crippen LogP contribution in [0.1, 0.15) is 31.2 Å². The lowest BCUT2D eigenvalue weighted by Gasteiger charge is -2.13. The van der Waals surface area contributed by atoms with Gasteiger partial charge in [0.15, 0.2) is 6.61 Å². The zero-order valence-electron chi connectivity index (χ0n) is 10.1. The molecule has 0 aliphatic rings. The van der Waals surface area contributed by atoms with E-state index in [0.29, 0.717) is 11.8 Å². The van der Waals surface area contributed by atoms with E-state index in [1.165, 1.54) is 0 Å². The summed E-state index contributed by atoms with van der Waals surface area (Å²) in [6, 6.07) is 5.93. The first-order valence-corrected chi connectivity index (χ1v) is 6.73. The Hall–Kier alpha value is -1.14. The molecular weight excluding hydrogens is 316 g/mol. The van der Waals surface area contributed by atoms with Crippen LogP contribution in [0.4, 0.5) is 0 Å². The van der Waals surface area contributed by atoms with Crippen LogP contribution in [0, 0.1) is 4.84 Å². The van der Waals surface area contributed by atoms with E-state index in [1.54, 1.807) is 0 Å². The molecule has 0 fully saturated rings. The zero-order valence-corrected chi connectivity index (χ0v) is 12.5. The van der Waals surface area contributed by atoms with Gasteiger partial charge in [0.05, 0.1) is 0 Å². The predicted octanol–water partition coefficient (Wildman–Crippen LogP) is 4.20. The van der Waals surface area contributed by atoms with Crippen molar-refractivity contribution in [2.45, 2.75) is 26.4 Å². The van der Waals surface area contributed by atoms with E-state index in [-0.39, 0.29) is 11.4 Å². The molecule has 96 valence electrons. The number of H-pyrrole nitrogens is 1. The SMILES string of the molecule is CC(C)c1cc(Br)ccc1OCc1n[nH]c(=S)o1. The van der Waals surface area contributed by atoms with Crippen LogP contribution < -0.4 is 4.74 Å². The third-order valence-electron chi connectivity index (χ3n) is 2.43. The molecule has 0 radical (unpaired) electrons. The van der Waals surface area contributed by atoms with Crippen molar-refractivity contribution < 1.29 is 9.15 Å². The highest BCUT2D eigenvalue weighted by Gasteiger charge is 2.10. The van der Waals surface area contributed by atoms with Crippen LogP contribution in [-0.4, -0.2) is 10.2 Å². The van der Waals surface area contributed by atoms with E-state index in [4.69, 9.17) is 21.4 Å². The summed E-state index contributed by atoms with van der Waals surface area (Å²) in [6.45, 7) is 4.50. The van der Waals surface area contributed by atoms with Crippen LogP contribution in [0.3, 0.4) is 0 Å². The predicted molar refractivity (Wildman–Crippen MR) is 74.3 cm³/mol. The minimum absolute atomic E-state index is 0.258. The monoisotopic (exact) mass is 328 g/mol. The van der Waals surface area contributed by atoms with Gasteiger partial charge in [0, 0.05) is 4.47 Å². The normalized spacial score (nSPS) is 10.9. The van der Waals surface area contributed by atoms with Crippen molar-refractivity contribution in [3.63, 3.8) is 0 Å². The third kappa shape index (κ3) is 3.20. The number of ether oxygens (including phenoxy) is 1. The minimum atomic E-state index is 0.258. The Bertz CT molecular complexity index is 592. The molecule has 18 heavy (non-hydrogen) atoms. The molecule has 1 aromatic carbocycles. The fourth-order valence-corrected chi connectivity index (χ4v) is 2.08. The highest BCUT2D eigenvalue weighted by Crippen LogP contribution is 2.29. The van der Waals surface area contributed by atoms with Gasteiger partial charge < -0.3 is 9.15 Å². The molecule has 2 aromatic rings. The van der Waals surface area contributed by atoms with Gasteiger partial charge in [0.2, 0.25) is 0 Å². The molecule has 0 bridgehead atoms. The molecule has 0 aliphatic heterocycles. The first-order chi connectivity index (χ1) is 8.56. The quantitative estimate of drug-likeness (QED) is 0.854. The summed E-state index contributed by atoms with van der Waals surface area (Å²) >= 11 is 8.26. The van der Waals surface area contributed by atoms with Crippen molar-refractivity contribution in [1.29, 1.82) is 0 Å². The van der Waals surface area contributed by atoms with E-state index in [9.17, 15) is 0 Å². The first-order valence-electron chi connectivity index (χ1n) is 5.53. The molecule has 1 aromatic heterocycles. The molecule has 0 saturated carbocycles. The van der Waals surface area contributed by atoms with Gasteiger partial charge in [-0.15, -0.1) is 5.10 Å². The molecule has 0 amide bonds. The number of nitrogens with one attached hydrogen (secondary N) is 1. The lowest BCUT2D eigenvalue weighted by atomic mass is 10.0. The maximum absolute atomic E-state index is 5.71. The lowest BCUT2D eigenvalue weighted by Crippen LogP contribution is -2.00. The van der Waals surface area contributed by atoms with Crippen LogP contribution in [0.5, 0.6) is 5.75 Å². The molecule has 0 atom stereocenters. The maximum atomic E-state index is 5.71. The number of nitrogens with zero attached hydrogens (tertiary/aromatic N) is 1. The van der Waals surface area contributed by atoms with Gasteiger partial charge >= 0.3 is 0 Å². The van der Waals surface area contributed by atoms with Gasteiger partial charge in [-0.3, -0.25) is 0 Å². The van der Waals surface area contributed by atoms with Crippen molar-refractivity contribution >= 4 is 28.1 Å². The van der Waals surface area contributed by atoms with E-state index in [2.05, 4.69) is 46.0 Å². The fraction of sp³-hybridized carbons (Fsp3) is 0.333. The van der Waals surface area contributed by atoms with Gasteiger partial charge in [-0.05, 0) is 41.9 Å². The Morgan fingerprint density at radius 3 is 2.89 bits per heavy atom. The Balaban J connectivity index is 2.16. The number of benzene rings is 1. The Kier molecular flexibility index (Phi) is 4.19. The van der Waals surface area contributed by atoms with E-state index in [0.717, 1.165) is 15.8 Å². The van der Waals surface area contributed by atoms with Gasteiger partial charge in [-0.25, -0.2) is 5.10 Å². The van der Waals surface area contributed by atoms with E-state index < -0.39 is 0 Å². The van der Waals surface area contributed by atoms with Crippen molar-refractivity contribution in [2.75, 3.05) is 0 Å². The number of halogens is 1. The molecule has 0 spiro atoms. The summed E-state index contributed by atoms with van der Waals surface area (Å²) in [5.41, 5.74) is 1.14. The van der Waals surface area contributed by atoms with Crippen LogP contribution in [0.15, 0.2) is 27.1 Å². The summed E-state index contributed by atoms with van der Waals surface area (Å²) < 4.78 is 11.9. The second-order valence-electron chi connectivity index (χ2n) is 4.13. The van der Waals surface area contributed by atoms with Crippen molar-refractivity contribution in [3.8, 4) is 5.75 Å². The zero-order chi connectivity index (χ0) is 13.1. The Morgan fingerprint density at radius 1 is 1.50 bits per heavy atom. The summed E-state index contributed by atoms with van der Waals surface area (Å²) in [5.74, 6) is 1.65. The molecular formula is C12H13BrN2O2S. The number of aromatic amines is 1. The van der Waals surface area contributed by atoms with Crippen LogP contribution >= 0.6 is 28.1 Å². The molecule has 4 nitrogen and oxygen atoms in total. The molecule has 0 unspecified atom stereocenters. The summed E-state index contributed by atoms with van der Waals surface area (Å²) in [7, 11) is 0. The largest absolute Gasteiger partial charge is 0.484 e. The number of hydrogen-bond acceptors (Lipinski definition) is 4. The van der Waals surface area contributed by atoms with Crippen molar-refractivity contribution in [3.05, 3.63) is 39.0 Å². The smallest absolute Gasteiger partial charge is 0.284 e. The Morgan fingerprint density at radius 2 is 2.28 bits per heavy atom. The average molecular weight is 329 g/mol. The lowest BCUT2D eigenvalue weighted by molar-refractivity contribution is 0.258. The van der Waals surface area contributed by atoms with Crippen LogP contribution in [0.2, 0.25) is 0 Å². The number of aromatic nitrogens is 2. The molecule has 1 heterocycles. The highest BCUT2D eigenvalue weighted by molar-refractivity contribution is 9.10. The first kappa shape index (κ1) is 13.3. The van der Waals surface area contributed by atoms with Gasteiger partial charge in [0.25, 0.3) is 10.7 Å². The maximum Gasteiger partial charge on any atom is 0.284 e. The molecule has 0 aliphatic carbocycles. The van der Waals surface area contributed by atoms with Gasteiger partial charge in [-0.2, -0.15) is 0 Å². The molecule has 2 rings (SSSR count). The van der Waals surface area contributed by atoms with E-state index in [1.807, 2.05) is 12.1 Å². The molecule has 6 heteroatoms. The number of rotatable bonds is 4. The van der Waals surface area contributed by atoms with Crippen LogP contribution in [-0.2, 0) is 6.61 Å².